The summed E-state index contributed by atoms with van der Waals surface area (Å²) in [5.41, 5.74) is 0. The van der Waals surface area contributed by atoms with Crippen molar-refractivity contribution >= 4 is 17.4 Å². The van der Waals surface area contributed by atoms with Crippen molar-refractivity contribution < 1.29 is 34.4 Å². The summed E-state index contributed by atoms with van der Waals surface area (Å²) in [4.78, 5) is 0. The number of rotatable bonds is 0. The fourth-order valence-electron chi connectivity index (χ4n) is 0. The molecule has 7 heteroatoms. The lowest BCUT2D eigenvalue weighted by Gasteiger charge is -2.03. The lowest BCUT2D eigenvalue weighted by Crippen LogP contribution is -2.58. The third-order valence-corrected chi connectivity index (χ3v) is 0. The van der Waals surface area contributed by atoms with Crippen LogP contribution in [0.3, 0.4) is 0 Å². The molecule has 0 saturated heterocycles. The Hall–Kier alpha value is 0.622. The zero-order chi connectivity index (χ0) is 4.50. The highest BCUT2D eigenvalue weighted by Gasteiger charge is 1.98. The van der Waals surface area contributed by atoms with Crippen molar-refractivity contribution in [3.05, 3.63) is 0 Å². The standard InChI is InChI=1S/Al.ClHO4.H2O/c;2-1(3,4)5;/h;(H,2,3,4,5);1H2. The van der Waals surface area contributed by atoms with Crippen LogP contribution in [0, 0.1) is 10.2 Å². The summed E-state index contributed by atoms with van der Waals surface area (Å²) < 4.78 is 32.7. The Morgan fingerprint density at radius 2 is 1.14 bits per heavy atom. The minimum absolute atomic E-state index is 0. The van der Waals surface area contributed by atoms with E-state index in [4.69, 9.17) is 18.6 Å². The molecule has 0 aliphatic carbocycles. The first kappa shape index (κ1) is 15.6. The maximum Gasteiger partial charge on any atom is 0.0777 e. The van der Waals surface area contributed by atoms with E-state index in [0.717, 1.165) is 0 Å². The lowest BCUT2D eigenvalue weighted by molar-refractivity contribution is -1.92. The van der Waals surface area contributed by atoms with Gasteiger partial charge in [-0.2, -0.15) is 14.0 Å². The zero-order valence-corrected chi connectivity index (χ0v) is 5.04. The van der Waals surface area contributed by atoms with Crippen LogP contribution >= 0.6 is 0 Å². The van der Waals surface area contributed by atoms with Gasteiger partial charge in [0.15, 0.2) is 0 Å². The van der Waals surface area contributed by atoms with Gasteiger partial charge in [-0.25, -0.2) is 0 Å². The molecular formula is H3AlClO5. The molecule has 0 fully saturated rings. The summed E-state index contributed by atoms with van der Waals surface area (Å²) in [7, 11) is -4.69. The molecule has 0 atom stereocenters. The van der Waals surface area contributed by atoms with Crippen LogP contribution in [0.2, 0.25) is 0 Å². The summed E-state index contributed by atoms with van der Waals surface area (Å²) in [6.45, 7) is 0. The van der Waals surface area contributed by atoms with Crippen molar-refractivity contribution in [2.45, 2.75) is 0 Å². The van der Waals surface area contributed by atoms with Crippen LogP contribution in [0.5, 0.6) is 0 Å². The highest BCUT2D eigenvalue weighted by molar-refractivity contribution is 5.75. The van der Waals surface area contributed by atoms with Crippen molar-refractivity contribution in [1.29, 1.82) is 0 Å². The number of hydrogen-bond donors (Lipinski definition) is 1. The van der Waals surface area contributed by atoms with Gasteiger partial charge in [0.05, 0.1) is 14.9 Å². The Kier molecular flexibility index (Phi) is 10.7. The average Bonchev–Trinajstić information content (AvgIpc) is 0.722. The summed E-state index contributed by atoms with van der Waals surface area (Å²) in [5, 5.41) is 0. The van der Waals surface area contributed by atoms with Crippen molar-refractivity contribution in [2.24, 2.45) is 0 Å². The fourth-order valence-corrected chi connectivity index (χ4v) is 0. The summed E-state index contributed by atoms with van der Waals surface area (Å²) in [6.07, 6.45) is 0. The first-order valence-electron chi connectivity index (χ1n) is 0.632. The first-order chi connectivity index (χ1) is 2.00. The van der Waals surface area contributed by atoms with Gasteiger partial charge in [0, 0.05) is 17.4 Å². The molecule has 0 unspecified atom stereocenters. The maximum atomic E-state index is 8.60. The Morgan fingerprint density at radius 3 is 1.14 bits per heavy atom. The molecule has 0 aromatic carbocycles. The predicted octanol–water partition coefficient (Wildman–Crippen LogP) is -5.33. The Labute approximate surface area is 52.4 Å². The Bertz CT molecular complexity index is 23.6. The van der Waals surface area contributed by atoms with Crippen LogP contribution in [0.1, 0.15) is 0 Å². The topological polar surface area (TPSA) is 121 Å². The van der Waals surface area contributed by atoms with Crippen LogP contribution in [-0.4, -0.2) is 27.5 Å². The van der Waals surface area contributed by atoms with E-state index >= 15 is 0 Å². The fraction of sp³-hybridized carbons (Fsp3) is 0. The second-order valence-electron chi connectivity index (χ2n) is 0.396. The third-order valence-electron chi connectivity index (χ3n) is 0. The second-order valence-corrected chi connectivity index (χ2v) is 1.19. The van der Waals surface area contributed by atoms with Crippen molar-refractivity contribution in [3.63, 3.8) is 0 Å². The molecule has 5 nitrogen and oxygen atoms in total. The molecule has 0 spiro atoms. The SMILES string of the molecule is O.[Al].[O-][Cl+3]([O-])([O-])O. The van der Waals surface area contributed by atoms with E-state index in [-0.39, 0.29) is 22.8 Å². The van der Waals surface area contributed by atoms with Gasteiger partial charge in [-0.3, -0.25) is 0 Å². The van der Waals surface area contributed by atoms with Gasteiger partial charge < -0.3 is 5.48 Å². The van der Waals surface area contributed by atoms with E-state index in [1.807, 2.05) is 0 Å². The van der Waals surface area contributed by atoms with E-state index in [1.165, 1.54) is 0 Å². The van der Waals surface area contributed by atoms with Crippen molar-refractivity contribution in [2.75, 3.05) is 0 Å². The maximum absolute atomic E-state index is 8.60. The molecule has 0 aromatic heterocycles. The largest absolute Gasteiger partial charge is 0.412 e. The first-order valence-corrected chi connectivity index (χ1v) is 1.90. The lowest BCUT2D eigenvalue weighted by atomic mass is 15.8. The molecule has 0 saturated carbocycles. The number of hydrogen-bond acceptors (Lipinski definition) is 4. The molecule has 43 valence electrons. The zero-order valence-electron chi connectivity index (χ0n) is 3.13. The molecule has 0 heterocycles. The minimum atomic E-state index is -4.69. The van der Waals surface area contributed by atoms with E-state index in [9.17, 15) is 0 Å². The molecule has 0 aliphatic rings. The minimum Gasteiger partial charge on any atom is -0.412 e. The highest BCUT2D eigenvalue weighted by atomic mass is 35.7. The van der Waals surface area contributed by atoms with Crippen LogP contribution < -0.4 is 14.0 Å². The molecule has 0 amide bonds. The predicted molar refractivity (Wildman–Crippen MR) is 11.6 cm³/mol. The van der Waals surface area contributed by atoms with E-state index in [0.29, 0.717) is 0 Å². The molecular weight excluding hydrogens is 142 g/mol. The normalized spacial score (nSPS) is 8.57. The van der Waals surface area contributed by atoms with E-state index in [2.05, 4.69) is 0 Å². The van der Waals surface area contributed by atoms with Gasteiger partial charge in [0.2, 0.25) is 0 Å². The molecule has 0 bridgehead atoms. The van der Waals surface area contributed by atoms with Gasteiger partial charge in [0.25, 0.3) is 0 Å². The van der Waals surface area contributed by atoms with Gasteiger partial charge in [-0.15, -0.1) is 0 Å². The smallest absolute Gasteiger partial charge is 0.0777 e. The van der Waals surface area contributed by atoms with Crippen molar-refractivity contribution in [3.8, 4) is 0 Å². The van der Waals surface area contributed by atoms with Gasteiger partial charge in [-0.1, -0.05) is 0 Å². The molecule has 7 heavy (non-hydrogen) atoms. The summed E-state index contributed by atoms with van der Waals surface area (Å²) in [6, 6.07) is 0. The van der Waals surface area contributed by atoms with Crippen LogP contribution in [0.4, 0.5) is 0 Å². The molecule has 3 radical (unpaired) electrons. The Morgan fingerprint density at radius 1 is 1.14 bits per heavy atom. The van der Waals surface area contributed by atoms with Gasteiger partial charge in [-0.05, 0) is 0 Å². The van der Waals surface area contributed by atoms with E-state index < -0.39 is 10.2 Å². The quantitative estimate of drug-likeness (QED) is 0.342. The van der Waals surface area contributed by atoms with Crippen LogP contribution in [0.25, 0.3) is 0 Å². The third kappa shape index (κ3) is 365. The van der Waals surface area contributed by atoms with Crippen LogP contribution in [-0.2, 0) is 0 Å². The number of halogens is 1. The van der Waals surface area contributed by atoms with Crippen molar-refractivity contribution in [1.82, 2.24) is 0 Å². The monoisotopic (exact) mass is 145 g/mol. The highest BCUT2D eigenvalue weighted by Crippen LogP contribution is 1.60. The van der Waals surface area contributed by atoms with Gasteiger partial charge >= 0.3 is 0 Å². The average molecular weight is 145 g/mol. The van der Waals surface area contributed by atoms with Gasteiger partial charge in [0.1, 0.15) is 0 Å². The summed E-state index contributed by atoms with van der Waals surface area (Å²) >= 11 is 0. The molecule has 3 N–H and O–H groups in total. The van der Waals surface area contributed by atoms with E-state index in [1.54, 1.807) is 0 Å². The molecule has 0 rings (SSSR count). The Balaban J connectivity index is -0.0000000800. The van der Waals surface area contributed by atoms with Crippen LogP contribution in [0.15, 0.2) is 0 Å². The summed E-state index contributed by atoms with van der Waals surface area (Å²) in [5.74, 6) is 0. The second kappa shape index (κ2) is 4.77. The molecule has 0 aromatic rings. The molecule has 0 aliphatic heterocycles.